The summed E-state index contributed by atoms with van der Waals surface area (Å²) in [4.78, 5) is 39.3. The number of ether oxygens (including phenoxy) is 1. The van der Waals surface area contributed by atoms with E-state index < -0.39 is 23.6 Å². The van der Waals surface area contributed by atoms with E-state index in [0.717, 1.165) is 24.0 Å². The number of carbonyl (C=O) groups excluding carboxylic acids is 2. The summed E-state index contributed by atoms with van der Waals surface area (Å²) in [5.41, 5.74) is 3.85. The molecule has 1 saturated carbocycles. The molecule has 7 nitrogen and oxygen atoms in total. The van der Waals surface area contributed by atoms with E-state index in [4.69, 9.17) is 4.74 Å². The molecule has 3 atom stereocenters. The second-order valence-electron chi connectivity index (χ2n) is 10.5. The molecule has 35 heavy (non-hydrogen) atoms. The number of hydrogen-bond donors (Lipinski definition) is 2. The number of rotatable bonds is 7. The summed E-state index contributed by atoms with van der Waals surface area (Å²) in [6, 6.07) is 15.5. The Kier molecular flexibility index (Phi) is 6.03. The van der Waals surface area contributed by atoms with Crippen molar-refractivity contribution in [3.05, 3.63) is 59.7 Å². The number of hydrogen-bond acceptors (Lipinski definition) is 4. The number of alkyl carbamates (subject to hydrolysis) is 1. The normalized spacial score (nSPS) is 22.7. The average Bonchev–Trinajstić information content (AvgIpc) is 3.55. The van der Waals surface area contributed by atoms with Gasteiger partial charge in [-0.3, -0.25) is 4.79 Å². The number of carboxylic acid groups (broad SMARTS) is 1. The number of amides is 2. The van der Waals surface area contributed by atoms with E-state index in [1.165, 1.54) is 16.0 Å². The summed E-state index contributed by atoms with van der Waals surface area (Å²) in [5.74, 6) is -1.14. The lowest BCUT2D eigenvalue weighted by Gasteiger charge is -2.33. The van der Waals surface area contributed by atoms with E-state index in [1.807, 2.05) is 38.1 Å². The summed E-state index contributed by atoms with van der Waals surface area (Å²) in [6.07, 6.45) is 2.04. The fourth-order valence-corrected chi connectivity index (χ4v) is 5.90. The van der Waals surface area contributed by atoms with Crippen LogP contribution < -0.4 is 5.32 Å². The number of carboxylic acids is 1. The van der Waals surface area contributed by atoms with Gasteiger partial charge in [-0.2, -0.15) is 0 Å². The van der Waals surface area contributed by atoms with Crippen molar-refractivity contribution in [3.63, 3.8) is 0 Å². The van der Waals surface area contributed by atoms with Crippen molar-refractivity contribution < 1.29 is 24.2 Å². The zero-order chi connectivity index (χ0) is 24.7. The van der Waals surface area contributed by atoms with E-state index in [-0.39, 0.29) is 36.7 Å². The van der Waals surface area contributed by atoms with Gasteiger partial charge in [-0.05, 0) is 60.3 Å². The van der Waals surface area contributed by atoms with E-state index in [9.17, 15) is 19.5 Å². The van der Waals surface area contributed by atoms with Crippen LogP contribution >= 0.6 is 0 Å². The molecule has 2 aromatic rings. The number of carbonyl (C=O) groups is 3. The Morgan fingerprint density at radius 3 is 2.20 bits per heavy atom. The molecule has 7 heteroatoms. The molecule has 0 aromatic heterocycles. The molecular weight excluding hydrogens is 444 g/mol. The summed E-state index contributed by atoms with van der Waals surface area (Å²) in [7, 11) is 0. The number of nitrogens with one attached hydrogen (secondary N) is 1. The molecule has 5 rings (SSSR count). The molecule has 3 unspecified atom stereocenters. The number of likely N-dealkylation sites (tertiary alicyclic amines) is 1. The molecule has 1 saturated heterocycles. The molecule has 0 radical (unpaired) electrons. The molecule has 2 N–H and O–H groups in total. The number of nitrogens with zero attached hydrogens (tertiary/aromatic N) is 1. The number of fused-ring (bicyclic) bond motifs is 3. The van der Waals surface area contributed by atoms with E-state index in [0.29, 0.717) is 13.0 Å². The quantitative estimate of drug-likeness (QED) is 0.617. The minimum absolute atomic E-state index is 0.0376. The van der Waals surface area contributed by atoms with Crippen molar-refractivity contribution in [1.29, 1.82) is 0 Å². The molecule has 184 valence electrons. The topological polar surface area (TPSA) is 95.9 Å². The van der Waals surface area contributed by atoms with Crippen molar-refractivity contribution >= 4 is 18.0 Å². The SMILES string of the molecule is CC1CCN(C(=O)CC(C)(NC(=O)OCC2c3ccccc3-c3ccccc32)C2CC2)C1C(=O)O. The zero-order valence-corrected chi connectivity index (χ0v) is 20.2. The average molecular weight is 477 g/mol. The van der Waals surface area contributed by atoms with Crippen molar-refractivity contribution in [2.45, 2.75) is 57.0 Å². The molecule has 2 aliphatic carbocycles. The molecule has 2 fully saturated rings. The molecule has 3 aliphatic rings. The summed E-state index contributed by atoms with van der Waals surface area (Å²) >= 11 is 0. The lowest BCUT2D eigenvalue weighted by atomic mass is 9.90. The van der Waals surface area contributed by atoms with Crippen molar-refractivity contribution in [2.75, 3.05) is 13.2 Å². The Hall–Kier alpha value is -3.35. The van der Waals surface area contributed by atoms with E-state index in [2.05, 4.69) is 29.6 Å². The van der Waals surface area contributed by atoms with Gasteiger partial charge in [0.15, 0.2) is 0 Å². The molecule has 0 bridgehead atoms. The van der Waals surface area contributed by atoms with Gasteiger partial charge in [-0.15, -0.1) is 0 Å². The summed E-state index contributed by atoms with van der Waals surface area (Å²) in [6.45, 7) is 4.38. The van der Waals surface area contributed by atoms with Gasteiger partial charge < -0.3 is 20.1 Å². The molecule has 1 aliphatic heterocycles. The Balaban J connectivity index is 1.26. The van der Waals surface area contributed by atoms with E-state index in [1.54, 1.807) is 0 Å². The van der Waals surface area contributed by atoms with Crippen LogP contribution in [0.15, 0.2) is 48.5 Å². The maximum Gasteiger partial charge on any atom is 0.407 e. The third-order valence-electron chi connectivity index (χ3n) is 8.00. The lowest BCUT2D eigenvalue weighted by Crippen LogP contribution is -2.53. The van der Waals surface area contributed by atoms with Crippen LogP contribution in [0, 0.1) is 11.8 Å². The van der Waals surface area contributed by atoms with Crippen molar-refractivity contribution in [3.8, 4) is 11.1 Å². The highest BCUT2D eigenvalue weighted by Gasteiger charge is 2.47. The smallest absolute Gasteiger partial charge is 0.407 e. The molecule has 0 spiro atoms. The molecule has 2 amide bonds. The van der Waals surface area contributed by atoms with Gasteiger partial charge in [0.25, 0.3) is 0 Å². The summed E-state index contributed by atoms with van der Waals surface area (Å²) in [5, 5.41) is 12.6. The van der Waals surface area contributed by atoms with Crippen LogP contribution in [0.25, 0.3) is 11.1 Å². The van der Waals surface area contributed by atoms with Gasteiger partial charge in [0.05, 0.1) is 12.0 Å². The predicted octanol–water partition coefficient (Wildman–Crippen LogP) is 4.41. The fourth-order valence-electron chi connectivity index (χ4n) is 5.90. The first kappa shape index (κ1) is 23.4. The first-order chi connectivity index (χ1) is 16.8. The highest BCUT2D eigenvalue weighted by atomic mass is 16.5. The lowest BCUT2D eigenvalue weighted by molar-refractivity contribution is -0.150. The summed E-state index contributed by atoms with van der Waals surface area (Å²) < 4.78 is 5.73. The predicted molar refractivity (Wildman–Crippen MR) is 131 cm³/mol. The van der Waals surface area contributed by atoms with Crippen LogP contribution in [0.5, 0.6) is 0 Å². The number of benzene rings is 2. The van der Waals surface area contributed by atoms with Crippen LogP contribution in [0.3, 0.4) is 0 Å². The third kappa shape index (κ3) is 4.40. The van der Waals surface area contributed by atoms with Crippen LogP contribution in [0.1, 0.15) is 56.6 Å². The van der Waals surface area contributed by atoms with E-state index >= 15 is 0 Å². The Labute approximate surface area is 205 Å². The molecule has 1 heterocycles. The van der Waals surface area contributed by atoms with Crippen molar-refractivity contribution in [1.82, 2.24) is 10.2 Å². The fraction of sp³-hybridized carbons (Fsp3) is 0.464. The van der Waals surface area contributed by atoms with Gasteiger partial charge in [0.1, 0.15) is 12.6 Å². The van der Waals surface area contributed by atoms with Gasteiger partial charge >= 0.3 is 12.1 Å². The monoisotopic (exact) mass is 476 g/mol. The highest BCUT2D eigenvalue weighted by molar-refractivity contribution is 5.86. The van der Waals surface area contributed by atoms with Crippen LogP contribution in [-0.4, -0.2) is 52.7 Å². The second-order valence-corrected chi connectivity index (χ2v) is 10.5. The van der Waals surface area contributed by atoms with Gasteiger partial charge in [0, 0.05) is 12.5 Å². The minimum atomic E-state index is -0.971. The maximum atomic E-state index is 13.1. The maximum absolute atomic E-state index is 13.1. The van der Waals surface area contributed by atoms with Gasteiger partial charge in [0.2, 0.25) is 5.91 Å². The zero-order valence-electron chi connectivity index (χ0n) is 20.2. The van der Waals surface area contributed by atoms with Gasteiger partial charge in [-0.1, -0.05) is 55.5 Å². The Morgan fingerprint density at radius 2 is 1.63 bits per heavy atom. The Morgan fingerprint density at radius 1 is 1.03 bits per heavy atom. The van der Waals surface area contributed by atoms with Crippen LogP contribution in [-0.2, 0) is 14.3 Å². The molecular formula is C28H32N2O5. The van der Waals surface area contributed by atoms with Crippen LogP contribution in [0.4, 0.5) is 4.79 Å². The molecule has 2 aromatic carbocycles. The minimum Gasteiger partial charge on any atom is -0.480 e. The van der Waals surface area contributed by atoms with Crippen LogP contribution in [0.2, 0.25) is 0 Å². The van der Waals surface area contributed by atoms with Crippen molar-refractivity contribution in [2.24, 2.45) is 11.8 Å². The first-order valence-corrected chi connectivity index (χ1v) is 12.4. The standard InChI is InChI=1S/C28H32N2O5/c1-17-13-14-30(25(17)26(32)33)24(31)15-28(2,18-11-12-18)29-27(34)35-16-23-21-9-5-3-7-19(21)20-8-4-6-10-22(20)23/h3-10,17-18,23,25H,11-16H2,1-2H3,(H,29,34)(H,32,33). The third-order valence-corrected chi connectivity index (χ3v) is 8.00. The number of aliphatic carboxylic acids is 1. The largest absolute Gasteiger partial charge is 0.480 e. The highest BCUT2D eigenvalue weighted by Crippen LogP contribution is 2.45. The van der Waals surface area contributed by atoms with Gasteiger partial charge in [-0.25, -0.2) is 9.59 Å². The second kappa shape index (κ2) is 9.02. The Bertz CT molecular complexity index is 1110. The first-order valence-electron chi connectivity index (χ1n) is 12.4.